The van der Waals surface area contributed by atoms with Gasteiger partial charge in [-0.1, -0.05) is 13.3 Å². The molecule has 0 aliphatic heterocycles. The SMILES string of the molecule is CCCCOc1c(OC)cc(-c2oc3cc(I)ccc3c(=O)c2O)cc1OC. The molecule has 1 N–H and O–H groups in total. The fourth-order valence-electron chi connectivity index (χ4n) is 2.82. The number of halogens is 1. The van der Waals surface area contributed by atoms with Crippen LogP contribution in [-0.2, 0) is 0 Å². The van der Waals surface area contributed by atoms with Gasteiger partial charge in [0, 0.05) is 9.13 Å². The summed E-state index contributed by atoms with van der Waals surface area (Å²) in [4.78, 5) is 12.6. The molecule has 148 valence electrons. The van der Waals surface area contributed by atoms with Crippen LogP contribution in [0.15, 0.2) is 39.5 Å². The summed E-state index contributed by atoms with van der Waals surface area (Å²) in [5.74, 6) is 0.915. The van der Waals surface area contributed by atoms with E-state index in [1.165, 1.54) is 14.2 Å². The van der Waals surface area contributed by atoms with Crippen molar-refractivity contribution >= 4 is 33.6 Å². The first-order chi connectivity index (χ1) is 13.5. The van der Waals surface area contributed by atoms with Crippen molar-refractivity contribution in [2.75, 3.05) is 20.8 Å². The molecule has 3 rings (SSSR count). The van der Waals surface area contributed by atoms with E-state index in [2.05, 4.69) is 29.5 Å². The molecular formula is C21H21IO6. The van der Waals surface area contributed by atoms with Gasteiger partial charge < -0.3 is 23.7 Å². The number of fused-ring (bicyclic) bond motifs is 1. The van der Waals surface area contributed by atoms with E-state index in [0.29, 0.717) is 40.4 Å². The minimum atomic E-state index is -0.492. The van der Waals surface area contributed by atoms with E-state index in [9.17, 15) is 9.90 Å². The van der Waals surface area contributed by atoms with Gasteiger partial charge in [-0.3, -0.25) is 4.79 Å². The van der Waals surface area contributed by atoms with Crippen molar-refractivity contribution in [3.05, 3.63) is 44.1 Å². The first-order valence-corrected chi connectivity index (χ1v) is 9.92. The number of unbranched alkanes of at least 4 members (excludes halogenated alkanes) is 1. The molecule has 0 saturated heterocycles. The standard InChI is InChI=1S/C21H21IO6/c1-4-5-8-27-21-16(25-2)9-12(10-17(21)26-3)20-19(24)18(23)14-7-6-13(22)11-15(14)28-20/h6-7,9-11,24H,4-5,8H2,1-3H3. The van der Waals surface area contributed by atoms with Crippen LogP contribution < -0.4 is 19.6 Å². The summed E-state index contributed by atoms with van der Waals surface area (Å²) in [6.07, 6.45) is 1.89. The highest BCUT2D eigenvalue weighted by atomic mass is 127. The monoisotopic (exact) mass is 496 g/mol. The van der Waals surface area contributed by atoms with E-state index < -0.39 is 11.2 Å². The maximum Gasteiger partial charge on any atom is 0.235 e. The highest BCUT2D eigenvalue weighted by Gasteiger charge is 2.21. The maximum atomic E-state index is 12.6. The van der Waals surface area contributed by atoms with Crippen LogP contribution in [0.2, 0.25) is 0 Å². The summed E-state index contributed by atoms with van der Waals surface area (Å²) in [5.41, 5.74) is 0.353. The predicted molar refractivity (Wildman–Crippen MR) is 116 cm³/mol. The molecule has 0 aliphatic rings. The number of hydrogen-bond acceptors (Lipinski definition) is 6. The summed E-state index contributed by atoms with van der Waals surface area (Å²) in [6.45, 7) is 2.60. The van der Waals surface area contributed by atoms with E-state index >= 15 is 0 Å². The Morgan fingerprint density at radius 1 is 1.11 bits per heavy atom. The number of aromatic hydroxyl groups is 1. The van der Waals surface area contributed by atoms with Gasteiger partial charge in [-0.15, -0.1) is 0 Å². The molecule has 6 nitrogen and oxygen atoms in total. The molecule has 0 unspecified atom stereocenters. The quantitative estimate of drug-likeness (QED) is 0.368. The molecule has 1 heterocycles. The first kappa shape index (κ1) is 20.3. The zero-order chi connectivity index (χ0) is 20.3. The van der Waals surface area contributed by atoms with Crippen LogP contribution >= 0.6 is 22.6 Å². The van der Waals surface area contributed by atoms with Gasteiger partial charge in [0.15, 0.2) is 17.3 Å². The van der Waals surface area contributed by atoms with Gasteiger partial charge >= 0.3 is 0 Å². The fraction of sp³-hybridized carbons (Fsp3) is 0.286. The lowest BCUT2D eigenvalue weighted by molar-refractivity contribution is 0.270. The Morgan fingerprint density at radius 3 is 2.39 bits per heavy atom. The van der Waals surface area contributed by atoms with E-state index in [4.69, 9.17) is 18.6 Å². The second-order valence-electron chi connectivity index (χ2n) is 6.16. The van der Waals surface area contributed by atoms with Crippen molar-refractivity contribution < 1.29 is 23.7 Å². The van der Waals surface area contributed by atoms with E-state index in [0.717, 1.165) is 16.4 Å². The van der Waals surface area contributed by atoms with Crippen molar-refractivity contribution in [1.82, 2.24) is 0 Å². The van der Waals surface area contributed by atoms with Crippen molar-refractivity contribution in [1.29, 1.82) is 0 Å². The Bertz CT molecular complexity index is 1030. The normalized spacial score (nSPS) is 10.9. The third kappa shape index (κ3) is 3.89. The largest absolute Gasteiger partial charge is 0.502 e. The topological polar surface area (TPSA) is 78.1 Å². The second-order valence-corrected chi connectivity index (χ2v) is 7.41. The molecule has 0 spiro atoms. The Kier molecular flexibility index (Phi) is 6.33. The van der Waals surface area contributed by atoms with Crippen LogP contribution in [0, 0.1) is 3.57 Å². The van der Waals surface area contributed by atoms with Crippen molar-refractivity contribution in [3.63, 3.8) is 0 Å². The Labute approximate surface area is 176 Å². The maximum absolute atomic E-state index is 12.6. The minimum absolute atomic E-state index is 0.0520. The van der Waals surface area contributed by atoms with Crippen molar-refractivity contribution in [2.24, 2.45) is 0 Å². The molecule has 3 aromatic rings. The smallest absolute Gasteiger partial charge is 0.235 e. The Hall–Kier alpha value is -2.42. The number of benzene rings is 2. The zero-order valence-electron chi connectivity index (χ0n) is 15.9. The molecule has 0 aliphatic carbocycles. The van der Waals surface area contributed by atoms with Gasteiger partial charge in [-0.2, -0.15) is 0 Å². The van der Waals surface area contributed by atoms with Crippen molar-refractivity contribution in [3.8, 4) is 34.3 Å². The molecule has 7 heteroatoms. The summed E-state index contributed by atoms with van der Waals surface area (Å²) in [5, 5.41) is 10.8. The molecule has 1 aromatic heterocycles. The van der Waals surface area contributed by atoms with Crippen LogP contribution in [-0.4, -0.2) is 25.9 Å². The number of ether oxygens (including phenoxy) is 3. The summed E-state index contributed by atoms with van der Waals surface area (Å²) in [7, 11) is 3.04. The summed E-state index contributed by atoms with van der Waals surface area (Å²) in [6, 6.07) is 8.48. The number of hydrogen-bond donors (Lipinski definition) is 1. The number of rotatable bonds is 7. The predicted octanol–water partition coefficient (Wildman–Crippen LogP) is 4.97. The Morgan fingerprint density at radius 2 is 1.79 bits per heavy atom. The first-order valence-electron chi connectivity index (χ1n) is 8.84. The molecule has 0 fully saturated rings. The summed E-state index contributed by atoms with van der Waals surface area (Å²) < 4.78 is 23.5. The average molecular weight is 496 g/mol. The lowest BCUT2D eigenvalue weighted by Gasteiger charge is -2.16. The van der Waals surface area contributed by atoms with Crippen LogP contribution in [0.5, 0.6) is 23.0 Å². The van der Waals surface area contributed by atoms with Gasteiger partial charge in [0.25, 0.3) is 0 Å². The lowest BCUT2D eigenvalue weighted by Crippen LogP contribution is -2.04. The number of methoxy groups -OCH3 is 2. The van der Waals surface area contributed by atoms with Crippen LogP contribution in [0.3, 0.4) is 0 Å². The molecule has 0 atom stereocenters. The second kappa shape index (κ2) is 8.72. The Balaban J connectivity index is 2.18. The highest BCUT2D eigenvalue weighted by molar-refractivity contribution is 14.1. The minimum Gasteiger partial charge on any atom is -0.502 e. The van der Waals surface area contributed by atoms with Crippen LogP contribution in [0.25, 0.3) is 22.3 Å². The van der Waals surface area contributed by atoms with Crippen LogP contribution in [0.4, 0.5) is 0 Å². The zero-order valence-corrected chi connectivity index (χ0v) is 18.0. The lowest BCUT2D eigenvalue weighted by atomic mass is 10.1. The molecule has 0 bridgehead atoms. The molecule has 0 saturated carbocycles. The van der Waals surface area contributed by atoms with Gasteiger partial charge in [0.2, 0.25) is 16.9 Å². The highest BCUT2D eigenvalue weighted by Crippen LogP contribution is 2.43. The van der Waals surface area contributed by atoms with Gasteiger partial charge in [-0.25, -0.2) is 0 Å². The van der Waals surface area contributed by atoms with Gasteiger partial charge in [0.05, 0.1) is 26.2 Å². The van der Waals surface area contributed by atoms with Gasteiger partial charge in [0.1, 0.15) is 5.58 Å². The molecule has 28 heavy (non-hydrogen) atoms. The third-order valence-electron chi connectivity index (χ3n) is 4.30. The van der Waals surface area contributed by atoms with E-state index in [1.807, 2.05) is 0 Å². The molecule has 2 aromatic carbocycles. The van der Waals surface area contributed by atoms with E-state index in [1.54, 1.807) is 30.3 Å². The third-order valence-corrected chi connectivity index (χ3v) is 4.97. The average Bonchev–Trinajstić information content (AvgIpc) is 2.70. The molecule has 0 radical (unpaired) electrons. The van der Waals surface area contributed by atoms with Crippen molar-refractivity contribution in [2.45, 2.75) is 19.8 Å². The van der Waals surface area contributed by atoms with Crippen LogP contribution in [0.1, 0.15) is 19.8 Å². The summed E-state index contributed by atoms with van der Waals surface area (Å²) >= 11 is 2.14. The molecule has 0 amide bonds. The fourth-order valence-corrected chi connectivity index (χ4v) is 3.29. The van der Waals surface area contributed by atoms with Gasteiger partial charge in [-0.05, 0) is 59.3 Å². The van der Waals surface area contributed by atoms with E-state index in [-0.39, 0.29) is 5.76 Å². The molecular weight excluding hydrogens is 475 g/mol.